The van der Waals surface area contributed by atoms with Gasteiger partial charge in [0.2, 0.25) is 0 Å². The average Bonchev–Trinajstić information content (AvgIpc) is 2.74. The van der Waals surface area contributed by atoms with Crippen LogP contribution in [0.5, 0.6) is 11.5 Å². The zero-order valence-electron chi connectivity index (χ0n) is 17.8. The summed E-state index contributed by atoms with van der Waals surface area (Å²) in [6.45, 7) is 3.35. The Balaban J connectivity index is 1.76. The summed E-state index contributed by atoms with van der Waals surface area (Å²) in [6.07, 6.45) is -4.68. The van der Waals surface area contributed by atoms with Gasteiger partial charge in [0.05, 0.1) is 17.9 Å². The molecular weight excluding hydrogens is 442 g/mol. The van der Waals surface area contributed by atoms with Crippen LogP contribution in [0.25, 0.3) is 11.3 Å². The number of hydrogen-bond acceptors (Lipinski definition) is 5. The molecule has 0 amide bonds. The number of Topliss-reactive ketones (excluding diaryl/α,β-unsaturated/α-hetero) is 1. The second-order valence-electron chi connectivity index (χ2n) is 7.65. The van der Waals surface area contributed by atoms with Gasteiger partial charge in [-0.05, 0) is 68.4 Å². The summed E-state index contributed by atoms with van der Waals surface area (Å²) in [5, 5.41) is 9.61. The van der Waals surface area contributed by atoms with E-state index in [0.29, 0.717) is 18.2 Å². The molecule has 3 rings (SSSR count). The third kappa shape index (κ3) is 6.84. The first-order valence-corrected chi connectivity index (χ1v) is 9.94. The molecule has 0 aliphatic rings. The van der Waals surface area contributed by atoms with Crippen molar-refractivity contribution >= 4 is 5.78 Å². The van der Waals surface area contributed by atoms with E-state index in [-0.39, 0.29) is 12.4 Å². The predicted molar refractivity (Wildman–Crippen MR) is 112 cm³/mol. The number of carbonyl (C=O) groups is 1. The Morgan fingerprint density at radius 1 is 1.03 bits per heavy atom. The number of aromatic nitrogens is 1. The van der Waals surface area contributed by atoms with Gasteiger partial charge in [0.25, 0.3) is 5.78 Å². The summed E-state index contributed by atoms with van der Waals surface area (Å²) in [6, 6.07) is 14.1. The SMILES string of the molecule is CC(C)(O)OCCc1cccc(-c2ccc(Oc3ccc(F)cc3C(=O)C(F)(F)F)cc2)n1. The lowest BCUT2D eigenvalue weighted by molar-refractivity contribution is -0.175. The third-order valence-corrected chi connectivity index (χ3v) is 4.44. The van der Waals surface area contributed by atoms with Crippen LogP contribution in [0.2, 0.25) is 0 Å². The Labute approximate surface area is 187 Å². The molecule has 0 bridgehead atoms. The topological polar surface area (TPSA) is 68.7 Å². The quantitative estimate of drug-likeness (QED) is 0.263. The molecule has 2 aromatic carbocycles. The molecule has 5 nitrogen and oxygen atoms in total. The molecule has 174 valence electrons. The number of ketones is 1. The van der Waals surface area contributed by atoms with Gasteiger partial charge in [0, 0.05) is 17.7 Å². The number of halogens is 4. The summed E-state index contributed by atoms with van der Waals surface area (Å²) in [5.41, 5.74) is 1.21. The Kier molecular flexibility index (Phi) is 7.14. The van der Waals surface area contributed by atoms with Gasteiger partial charge in [-0.1, -0.05) is 6.07 Å². The Hall–Kier alpha value is -3.30. The summed E-state index contributed by atoms with van der Waals surface area (Å²) >= 11 is 0. The Bertz CT molecular complexity index is 1120. The highest BCUT2D eigenvalue weighted by Gasteiger charge is 2.41. The molecule has 0 radical (unpaired) electrons. The number of pyridine rings is 1. The average molecular weight is 463 g/mol. The molecule has 0 spiro atoms. The number of aliphatic hydroxyl groups is 1. The van der Waals surface area contributed by atoms with Crippen LogP contribution in [0.4, 0.5) is 17.6 Å². The molecule has 9 heteroatoms. The van der Waals surface area contributed by atoms with Gasteiger partial charge in [0.15, 0.2) is 5.79 Å². The van der Waals surface area contributed by atoms with Crippen molar-refractivity contribution in [1.29, 1.82) is 0 Å². The highest BCUT2D eigenvalue weighted by atomic mass is 19.4. The predicted octanol–water partition coefficient (Wildman–Crippen LogP) is 5.71. The van der Waals surface area contributed by atoms with Crippen LogP contribution in [0, 0.1) is 5.82 Å². The lowest BCUT2D eigenvalue weighted by atomic mass is 10.1. The molecule has 3 aromatic rings. The van der Waals surface area contributed by atoms with Crippen molar-refractivity contribution in [1.82, 2.24) is 4.98 Å². The van der Waals surface area contributed by atoms with Crippen molar-refractivity contribution < 1.29 is 36.9 Å². The number of hydrogen-bond donors (Lipinski definition) is 1. The molecule has 0 saturated heterocycles. The molecule has 0 fully saturated rings. The molecule has 0 atom stereocenters. The van der Waals surface area contributed by atoms with Crippen LogP contribution >= 0.6 is 0 Å². The van der Waals surface area contributed by atoms with E-state index in [4.69, 9.17) is 9.47 Å². The summed E-state index contributed by atoms with van der Waals surface area (Å²) in [7, 11) is 0. The molecule has 0 saturated carbocycles. The third-order valence-electron chi connectivity index (χ3n) is 4.44. The van der Waals surface area contributed by atoms with Gasteiger partial charge < -0.3 is 14.6 Å². The molecule has 1 heterocycles. The van der Waals surface area contributed by atoms with Gasteiger partial charge in [-0.2, -0.15) is 13.2 Å². The van der Waals surface area contributed by atoms with E-state index in [2.05, 4.69) is 4.98 Å². The van der Waals surface area contributed by atoms with E-state index < -0.39 is 34.9 Å². The van der Waals surface area contributed by atoms with Crippen molar-refractivity contribution in [2.45, 2.75) is 32.2 Å². The summed E-state index contributed by atoms with van der Waals surface area (Å²) in [4.78, 5) is 16.2. The smallest absolute Gasteiger partial charge is 0.455 e. The number of rotatable bonds is 8. The van der Waals surface area contributed by atoms with Crippen LogP contribution < -0.4 is 4.74 Å². The van der Waals surface area contributed by atoms with Gasteiger partial charge in [0.1, 0.15) is 17.3 Å². The fourth-order valence-electron chi connectivity index (χ4n) is 2.93. The van der Waals surface area contributed by atoms with E-state index in [0.717, 1.165) is 23.4 Å². The number of ether oxygens (including phenoxy) is 2. The monoisotopic (exact) mass is 463 g/mol. The van der Waals surface area contributed by atoms with E-state index >= 15 is 0 Å². The largest absolute Gasteiger partial charge is 0.457 e. The van der Waals surface area contributed by atoms with E-state index in [1.54, 1.807) is 18.2 Å². The van der Waals surface area contributed by atoms with Gasteiger partial charge >= 0.3 is 6.18 Å². The maximum atomic E-state index is 13.4. The van der Waals surface area contributed by atoms with Crippen molar-refractivity contribution in [2.24, 2.45) is 0 Å². The standard InChI is InChI=1S/C24H21F4NO4/c1-23(2,31)32-13-12-17-4-3-5-20(29-17)15-6-9-18(10-7-15)33-21-11-8-16(25)14-19(21)22(30)24(26,27)28/h3-11,14,31H,12-13H2,1-2H3. The minimum absolute atomic E-state index is 0.163. The first kappa shape index (κ1) is 24.3. The maximum absolute atomic E-state index is 13.4. The van der Waals surface area contributed by atoms with Gasteiger partial charge in [-0.25, -0.2) is 4.39 Å². The van der Waals surface area contributed by atoms with Crippen LogP contribution in [0.1, 0.15) is 29.9 Å². The molecule has 33 heavy (non-hydrogen) atoms. The molecule has 1 N–H and O–H groups in total. The lowest BCUT2D eigenvalue weighted by Crippen LogP contribution is -2.24. The minimum atomic E-state index is -5.16. The summed E-state index contributed by atoms with van der Waals surface area (Å²) < 4.78 is 62.7. The second-order valence-corrected chi connectivity index (χ2v) is 7.65. The fourth-order valence-corrected chi connectivity index (χ4v) is 2.93. The molecule has 0 aliphatic heterocycles. The van der Waals surface area contributed by atoms with E-state index in [9.17, 15) is 27.5 Å². The Morgan fingerprint density at radius 3 is 2.36 bits per heavy atom. The highest BCUT2D eigenvalue weighted by molar-refractivity contribution is 6.02. The van der Waals surface area contributed by atoms with E-state index in [1.165, 1.54) is 26.0 Å². The molecule has 1 aromatic heterocycles. The number of benzene rings is 2. The molecule has 0 unspecified atom stereocenters. The van der Waals surface area contributed by atoms with Crippen LogP contribution in [0.15, 0.2) is 60.7 Å². The maximum Gasteiger partial charge on any atom is 0.455 e. The van der Waals surface area contributed by atoms with Crippen molar-refractivity contribution in [3.8, 4) is 22.8 Å². The number of nitrogens with zero attached hydrogens (tertiary/aromatic N) is 1. The first-order valence-electron chi connectivity index (χ1n) is 9.94. The minimum Gasteiger partial charge on any atom is -0.457 e. The molecular formula is C24H21F4NO4. The zero-order valence-corrected chi connectivity index (χ0v) is 17.8. The second kappa shape index (κ2) is 9.68. The van der Waals surface area contributed by atoms with Crippen LogP contribution in [-0.2, 0) is 11.2 Å². The Morgan fingerprint density at radius 2 is 1.73 bits per heavy atom. The van der Waals surface area contributed by atoms with Gasteiger partial charge in [-0.3, -0.25) is 9.78 Å². The van der Waals surface area contributed by atoms with Crippen molar-refractivity contribution in [3.05, 3.63) is 77.7 Å². The lowest BCUT2D eigenvalue weighted by Gasteiger charge is -2.17. The normalized spacial score (nSPS) is 12.0. The van der Waals surface area contributed by atoms with E-state index in [1.807, 2.05) is 12.1 Å². The van der Waals surface area contributed by atoms with Crippen molar-refractivity contribution in [2.75, 3.05) is 6.61 Å². The van der Waals surface area contributed by atoms with Crippen LogP contribution in [0.3, 0.4) is 0 Å². The van der Waals surface area contributed by atoms with Crippen LogP contribution in [-0.4, -0.2) is 34.4 Å². The van der Waals surface area contributed by atoms with Gasteiger partial charge in [-0.15, -0.1) is 0 Å². The first-order chi connectivity index (χ1) is 15.4. The highest BCUT2D eigenvalue weighted by Crippen LogP contribution is 2.32. The fraction of sp³-hybridized carbons (Fsp3) is 0.250. The van der Waals surface area contributed by atoms with Crippen molar-refractivity contribution in [3.63, 3.8) is 0 Å². The summed E-state index contributed by atoms with van der Waals surface area (Å²) in [5.74, 6) is -4.65. The number of alkyl halides is 3. The zero-order chi connectivity index (χ0) is 24.2. The number of carbonyl (C=O) groups excluding carboxylic acids is 1. The molecule has 0 aliphatic carbocycles.